The second-order valence-corrected chi connectivity index (χ2v) is 0. The van der Waals surface area contributed by atoms with Crippen LogP contribution in [0.5, 0.6) is 0 Å². The summed E-state index contributed by atoms with van der Waals surface area (Å²) in [5.74, 6) is 0. The van der Waals surface area contributed by atoms with E-state index in [-0.39, 0.29) is 85.7 Å². The van der Waals surface area contributed by atoms with E-state index in [0.717, 1.165) is 0 Å². The molecule has 0 aromatic rings. The molecule has 2 radical (unpaired) electrons. The van der Waals surface area contributed by atoms with Crippen LogP contribution in [0.25, 0.3) is 0 Å². The first-order chi connectivity index (χ1) is 0. The second kappa shape index (κ2) is 31.5. The van der Waals surface area contributed by atoms with Crippen molar-refractivity contribution < 1.29 is 85.7 Å². The van der Waals surface area contributed by atoms with Crippen LogP contribution < -0.4 is 29.6 Å². The molecule has 0 N–H and O–H groups in total. The number of hydrogen-bond acceptors (Lipinski definition) is 0. The van der Waals surface area contributed by atoms with Crippen molar-refractivity contribution >= 4 is 0 Å². The molecule has 30 valence electrons. The molecule has 0 rings (SSSR count). The van der Waals surface area contributed by atoms with Gasteiger partial charge in [0.1, 0.15) is 0 Å². The average molecular weight is 216 g/mol. The first-order valence-electron chi connectivity index (χ1n) is 0. The predicted octanol–water partition coefficient (Wildman–Crippen LogP) is -3.12. The average Bonchev–Trinajstić information content (AvgIpc) is 0. The minimum atomic E-state index is 0. The zero-order valence-electron chi connectivity index (χ0n) is 2.40. The van der Waals surface area contributed by atoms with Gasteiger partial charge in [0.15, 0.2) is 0 Å². The van der Waals surface area contributed by atoms with Gasteiger partial charge in [0.25, 0.3) is 0 Å². The van der Waals surface area contributed by atoms with Crippen molar-refractivity contribution in [2.75, 3.05) is 0 Å². The largest absolute Gasteiger partial charge is 2.00 e. The molecule has 0 amide bonds. The number of hydrogen-bond donors (Lipinski definition) is 0. The van der Waals surface area contributed by atoms with E-state index in [0.29, 0.717) is 0 Å². The van der Waals surface area contributed by atoms with Crippen LogP contribution in [-0.4, -0.2) is 0 Å². The fourth-order valence-corrected chi connectivity index (χ4v) is 0. The van der Waals surface area contributed by atoms with Gasteiger partial charge in [0.05, 0.1) is 0 Å². The standard InChI is InChI=1S/Cu.Mn.Na.Ni.O/q2*+2;+1;+2;-2. The molecule has 0 saturated carbocycles. The Bertz CT molecular complexity index is 11.6. The third kappa shape index (κ3) is 21.1. The van der Waals surface area contributed by atoms with Gasteiger partial charge in [-0.15, -0.1) is 0 Å². The fourth-order valence-electron chi connectivity index (χ4n) is 0. The van der Waals surface area contributed by atoms with Gasteiger partial charge in [-0.3, -0.25) is 0 Å². The van der Waals surface area contributed by atoms with Crippen LogP contribution in [0.2, 0.25) is 0 Å². The quantitative estimate of drug-likeness (QED) is 0.383. The monoisotopic (exact) mass is 215 g/mol. The van der Waals surface area contributed by atoms with Crippen molar-refractivity contribution in [3.05, 3.63) is 0 Å². The molecule has 0 aliphatic rings. The summed E-state index contributed by atoms with van der Waals surface area (Å²) in [5, 5.41) is 0. The molecule has 0 saturated heterocycles. The summed E-state index contributed by atoms with van der Waals surface area (Å²) < 4.78 is 0. The Hall–Kier alpha value is 2.49. The molecule has 0 atom stereocenters. The van der Waals surface area contributed by atoms with Gasteiger partial charge in [0, 0.05) is 0 Å². The molecule has 0 aliphatic carbocycles. The van der Waals surface area contributed by atoms with Crippen LogP contribution in [0.1, 0.15) is 0 Å². The van der Waals surface area contributed by atoms with E-state index in [2.05, 4.69) is 0 Å². The zero-order chi connectivity index (χ0) is 0. The maximum Gasteiger partial charge on any atom is 2.00 e. The van der Waals surface area contributed by atoms with E-state index >= 15 is 0 Å². The summed E-state index contributed by atoms with van der Waals surface area (Å²) in [6.45, 7) is 0. The van der Waals surface area contributed by atoms with Crippen molar-refractivity contribution in [2.45, 2.75) is 0 Å². The van der Waals surface area contributed by atoms with Crippen molar-refractivity contribution in [3.63, 3.8) is 0 Å². The summed E-state index contributed by atoms with van der Waals surface area (Å²) in [4.78, 5) is 0. The van der Waals surface area contributed by atoms with E-state index in [1.54, 1.807) is 0 Å². The summed E-state index contributed by atoms with van der Waals surface area (Å²) >= 11 is 0. The summed E-state index contributed by atoms with van der Waals surface area (Å²) in [7, 11) is 0. The van der Waals surface area contributed by atoms with E-state index < -0.39 is 0 Å². The normalized spacial score (nSPS) is 0. The molecule has 0 spiro atoms. The molecular weight excluding hydrogens is 216 g/mol. The van der Waals surface area contributed by atoms with Crippen LogP contribution in [0, 0.1) is 0 Å². The Kier molecular flexibility index (Phi) is 321. The summed E-state index contributed by atoms with van der Waals surface area (Å²) in [6.07, 6.45) is 0. The molecule has 5 heavy (non-hydrogen) atoms. The van der Waals surface area contributed by atoms with Gasteiger partial charge in [-0.25, -0.2) is 0 Å². The van der Waals surface area contributed by atoms with Crippen molar-refractivity contribution in [3.8, 4) is 0 Å². The molecule has 5 heteroatoms. The first-order valence-corrected chi connectivity index (χ1v) is 0. The van der Waals surface area contributed by atoms with Gasteiger partial charge in [0.2, 0.25) is 0 Å². The molecule has 1 nitrogen and oxygen atoms in total. The predicted molar refractivity (Wildman–Crippen MR) is 0.686 cm³/mol. The van der Waals surface area contributed by atoms with Gasteiger partial charge in [-0.05, 0) is 0 Å². The smallest absolute Gasteiger partial charge is 2.00 e. The van der Waals surface area contributed by atoms with E-state index in [1.165, 1.54) is 0 Å². The van der Waals surface area contributed by atoms with E-state index in [1.807, 2.05) is 0 Å². The molecule has 0 aromatic heterocycles. The Labute approximate surface area is 84.5 Å². The molecule has 0 fully saturated rings. The van der Waals surface area contributed by atoms with Gasteiger partial charge < -0.3 is 5.48 Å². The van der Waals surface area contributed by atoms with E-state index in [4.69, 9.17) is 0 Å². The molecular formula is CuMnNaNiO+5. The maximum absolute atomic E-state index is 0. The Morgan fingerprint density at radius 2 is 1.00 bits per heavy atom. The first kappa shape index (κ1) is 50.8. The topological polar surface area (TPSA) is 28.5 Å². The van der Waals surface area contributed by atoms with Gasteiger partial charge in [-0.2, -0.15) is 0 Å². The molecule has 0 heterocycles. The van der Waals surface area contributed by atoms with Gasteiger partial charge >= 0.3 is 80.2 Å². The minimum Gasteiger partial charge on any atom is -2.00 e. The van der Waals surface area contributed by atoms with Crippen LogP contribution >= 0.6 is 0 Å². The SMILES string of the molecule is [Cu+2].[Mn+2].[Na+].[Ni+2].[O-2]. The minimum absolute atomic E-state index is 0. The van der Waals surface area contributed by atoms with Crippen LogP contribution in [0.4, 0.5) is 0 Å². The molecule has 0 aliphatic heterocycles. The van der Waals surface area contributed by atoms with E-state index in [9.17, 15) is 0 Å². The number of rotatable bonds is 0. The molecule has 0 aromatic carbocycles. The van der Waals surface area contributed by atoms with Crippen molar-refractivity contribution in [1.82, 2.24) is 0 Å². The second-order valence-electron chi connectivity index (χ2n) is 0. The fraction of sp³-hybridized carbons (Fsp3) is 0. The van der Waals surface area contributed by atoms with Gasteiger partial charge in [-0.1, -0.05) is 0 Å². The summed E-state index contributed by atoms with van der Waals surface area (Å²) in [6, 6.07) is 0. The van der Waals surface area contributed by atoms with Crippen LogP contribution in [0.15, 0.2) is 0 Å². The third-order valence-electron chi connectivity index (χ3n) is 0. The van der Waals surface area contributed by atoms with Crippen molar-refractivity contribution in [2.24, 2.45) is 0 Å². The Morgan fingerprint density at radius 3 is 1.00 bits per heavy atom. The molecule has 0 unspecified atom stereocenters. The maximum atomic E-state index is 0. The zero-order valence-corrected chi connectivity index (χ0v) is 7.51. The van der Waals surface area contributed by atoms with Crippen LogP contribution in [0.3, 0.4) is 0 Å². The Balaban J connectivity index is 0. The van der Waals surface area contributed by atoms with Crippen molar-refractivity contribution in [1.29, 1.82) is 0 Å². The summed E-state index contributed by atoms with van der Waals surface area (Å²) in [5.41, 5.74) is 0. The van der Waals surface area contributed by atoms with Crippen LogP contribution in [-0.2, 0) is 56.1 Å². The Morgan fingerprint density at radius 1 is 1.00 bits per heavy atom. The third-order valence-corrected chi connectivity index (χ3v) is 0. The molecule has 0 bridgehead atoms.